The highest BCUT2D eigenvalue weighted by molar-refractivity contribution is 5.82. The Bertz CT molecular complexity index is 897. The molecular weight excluding hydrogens is 369 g/mol. The van der Waals surface area contributed by atoms with Crippen molar-refractivity contribution in [3.8, 4) is 0 Å². The Labute approximate surface area is 171 Å². The number of aromatic nitrogens is 1. The molecule has 1 aromatic carbocycles. The molecule has 0 radical (unpaired) electrons. The highest BCUT2D eigenvalue weighted by Crippen LogP contribution is 2.39. The normalized spacial score (nSPS) is 19.9. The van der Waals surface area contributed by atoms with Gasteiger partial charge in [0.1, 0.15) is 11.4 Å². The van der Waals surface area contributed by atoms with E-state index in [1.807, 2.05) is 33.0 Å². The standard InChI is InChI=1S/C23H30FN3O2/c1-22(2,3)29-21(28)26-23(9-10-23)15-27-12-7-16(8-13-27)18-6-11-25-20-5-4-17(24)14-19(18)20/h4-6,11,14,16H,7-10,12-13,15H2,1-3H3,(H,26,28). The van der Waals surface area contributed by atoms with E-state index in [4.69, 9.17) is 4.74 Å². The molecule has 2 heterocycles. The molecule has 1 N–H and O–H groups in total. The Balaban J connectivity index is 1.36. The smallest absolute Gasteiger partial charge is 0.408 e. The van der Waals surface area contributed by atoms with E-state index < -0.39 is 5.60 Å². The van der Waals surface area contributed by atoms with Crippen LogP contribution in [0.2, 0.25) is 0 Å². The molecule has 0 unspecified atom stereocenters. The van der Waals surface area contributed by atoms with E-state index in [1.54, 1.807) is 12.1 Å². The molecule has 1 aliphatic carbocycles. The van der Waals surface area contributed by atoms with Crippen LogP contribution in [-0.2, 0) is 4.74 Å². The van der Waals surface area contributed by atoms with Crippen LogP contribution >= 0.6 is 0 Å². The maximum atomic E-state index is 13.8. The number of piperidine rings is 1. The molecule has 5 nitrogen and oxygen atoms in total. The van der Waals surface area contributed by atoms with Gasteiger partial charge in [0.15, 0.2) is 0 Å². The van der Waals surface area contributed by atoms with E-state index in [-0.39, 0.29) is 17.4 Å². The summed E-state index contributed by atoms with van der Waals surface area (Å²) in [5.74, 6) is 0.195. The maximum absolute atomic E-state index is 13.8. The molecule has 0 bridgehead atoms. The number of benzene rings is 1. The lowest BCUT2D eigenvalue weighted by molar-refractivity contribution is 0.0476. The lowest BCUT2D eigenvalue weighted by Gasteiger charge is -2.35. The number of pyridine rings is 1. The molecule has 156 valence electrons. The fourth-order valence-electron chi connectivity index (χ4n) is 4.32. The Kier molecular flexibility index (Phi) is 5.23. The molecule has 0 atom stereocenters. The number of carbonyl (C=O) groups is 1. The molecule has 1 aromatic heterocycles. The van der Waals surface area contributed by atoms with E-state index in [0.717, 1.165) is 56.2 Å². The molecule has 2 fully saturated rings. The van der Waals surface area contributed by atoms with Crippen molar-refractivity contribution in [3.05, 3.63) is 41.8 Å². The number of carbonyl (C=O) groups excluding carboxylic acids is 1. The number of amides is 1. The summed E-state index contributed by atoms with van der Waals surface area (Å²) in [6, 6.07) is 6.86. The number of hydrogen-bond acceptors (Lipinski definition) is 4. The van der Waals surface area contributed by atoms with Crippen LogP contribution < -0.4 is 5.32 Å². The molecular formula is C23H30FN3O2. The Hall–Kier alpha value is -2.21. The van der Waals surface area contributed by atoms with Gasteiger partial charge in [0, 0.05) is 18.1 Å². The van der Waals surface area contributed by atoms with Crippen LogP contribution in [0, 0.1) is 5.82 Å². The van der Waals surface area contributed by atoms with Gasteiger partial charge in [0.25, 0.3) is 0 Å². The Morgan fingerprint density at radius 3 is 2.66 bits per heavy atom. The summed E-state index contributed by atoms with van der Waals surface area (Å²) in [5.41, 5.74) is 1.43. The highest BCUT2D eigenvalue weighted by atomic mass is 19.1. The summed E-state index contributed by atoms with van der Waals surface area (Å²) in [4.78, 5) is 19.0. The van der Waals surface area contributed by atoms with Crippen LogP contribution in [-0.4, -0.2) is 46.8 Å². The molecule has 29 heavy (non-hydrogen) atoms. The van der Waals surface area contributed by atoms with Crippen LogP contribution in [0.25, 0.3) is 10.9 Å². The Morgan fingerprint density at radius 1 is 1.28 bits per heavy atom. The highest BCUT2D eigenvalue weighted by Gasteiger charge is 2.46. The van der Waals surface area contributed by atoms with E-state index in [1.165, 1.54) is 11.6 Å². The van der Waals surface area contributed by atoms with Crippen molar-refractivity contribution in [1.82, 2.24) is 15.2 Å². The van der Waals surface area contributed by atoms with Crippen molar-refractivity contribution in [2.24, 2.45) is 0 Å². The van der Waals surface area contributed by atoms with Crippen molar-refractivity contribution in [2.45, 2.75) is 63.5 Å². The first kappa shape index (κ1) is 20.1. The Morgan fingerprint density at radius 2 is 2.00 bits per heavy atom. The number of ether oxygens (including phenoxy) is 1. The molecule has 1 saturated carbocycles. The number of halogens is 1. The van der Waals surface area contributed by atoms with E-state index in [2.05, 4.69) is 15.2 Å². The van der Waals surface area contributed by atoms with Gasteiger partial charge >= 0.3 is 6.09 Å². The predicted octanol–water partition coefficient (Wildman–Crippen LogP) is 4.61. The molecule has 1 aliphatic heterocycles. The lowest BCUT2D eigenvalue weighted by atomic mass is 9.87. The van der Waals surface area contributed by atoms with Crippen molar-refractivity contribution < 1.29 is 13.9 Å². The molecule has 1 amide bonds. The number of hydrogen-bond donors (Lipinski definition) is 1. The third kappa shape index (κ3) is 4.86. The maximum Gasteiger partial charge on any atom is 0.408 e. The van der Waals surface area contributed by atoms with Gasteiger partial charge in [-0.2, -0.15) is 0 Å². The number of nitrogens with one attached hydrogen (secondary N) is 1. The van der Waals surface area contributed by atoms with Gasteiger partial charge in [-0.15, -0.1) is 0 Å². The van der Waals surface area contributed by atoms with Gasteiger partial charge < -0.3 is 15.0 Å². The first-order valence-corrected chi connectivity index (χ1v) is 10.5. The van der Waals surface area contributed by atoms with Crippen LogP contribution in [0.5, 0.6) is 0 Å². The van der Waals surface area contributed by atoms with Gasteiger partial charge in [0.2, 0.25) is 0 Å². The molecule has 0 spiro atoms. The number of nitrogens with zero attached hydrogens (tertiary/aromatic N) is 2. The average Bonchev–Trinajstić information content (AvgIpc) is 3.39. The SMILES string of the molecule is CC(C)(C)OC(=O)NC1(CN2CCC(c3ccnc4ccc(F)cc34)CC2)CC1. The van der Waals surface area contributed by atoms with Gasteiger partial charge in [-0.05, 0) is 95.3 Å². The fourth-order valence-corrected chi connectivity index (χ4v) is 4.32. The van der Waals surface area contributed by atoms with Crippen molar-refractivity contribution in [3.63, 3.8) is 0 Å². The largest absolute Gasteiger partial charge is 0.444 e. The summed E-state index contributed by atoms with van der Waals surface area (Å²) < 4.78 is 19.2. The summed E-state index contributed by atoms with van der Waals surface area (Å²) in [7, 11) is 0. The predicted molar refractivity (Wildman–Crippen MR) is 111 cm³/mol. The van der Waals surface area contributed by atoms with Crippen LogP contribution in [0.15, 0.2) is 30.5 Å². The molecule has 1 saturated heterocycles. The van der Waals surface area contributed by atoms with E-state index in [0.29, 0.717) is 5.92 Å². The topological polar surface area (TPSA) is 54.5 Å². The van der Waals surface area contributed by atoms with Crippen LogP contribution in [0.1, 0.15) is 57.9 Å². The minimum Gasteiger partial charge on any atom is -0.444 e. The quantitative estimate of drug-likeness (QED) is 0.816. The van der Waals surface area contributed by atoms with Crippen molar-refractivity contribution in [2.75, 3.05) is 19.6 Å². The second-order valence-electron chi connectivity index (χ2n) is 9.52. The summed E-state index contributed by atoms with van der Waals surface area (Å²) in [6.45, 7) is 8.45. The van der Waals surface area contributed by atoms with Gasteiger partial charge in [-0.25, -0.2) is 9.18 Å². The van der Waals surface area contributed by atoms with Gasteiger partial charge in [-0.3, -0.25) is 4.98 Å². The summed E-state index contributed by atoms with van der Waals surface area (Å²) in [5, 5.41) is 4.02. The first-order chi connectivity index (χ1) is 13.7. The van der Waals surface area contributed by atoms with Crippen molar-refractivity contribution >= 4 is 17.0 Å². The minimum absolute atomic E-state index is 0.137. The number of likely N-dealkylation sites (tertiary alicyclic amines) is 1. The summed E-state index contributed by atoms with van der Waals surface area (Å²) >= 11 is 0. The zero-order valence-corrected chi connectivity index (χ0v) is 17.5. The van der Waals surface area contributed by atoms with Crippen molar-refractivity contribution in [1.29, 1.82) is 0 Å². The fraction of sp³-hybridized carbons (Fsp3) is 0.565. The minimum atomic E-state index is -0.481. The zero-order chi connectivity index (χ0) is 20.6. The van der Waals surface area contributed by atoms with Gasteiger partial charge in [0.05, 0.1) is 11.1 Å². The van der Waals surface area contributed by atoms with Crippen LogP contribution in [0.3, 0.4) is 0 Å². The average molecular weight is 400 g/mol. The molecule has 4 rings (SSSR count). The number of fused-ring (bicyclic) bond motifs is 1. The van der Waals surface area contributed by atoms with Gasteiger partial charge in [-0.1, -0.05) is 0 Å². The summed E-state index contributed by atoms with van der Waals surface area (Å²) in [6.07, 6.45) is 5.55. The third-order valence-corrected chi connectivity index (χ3v) is 5.91. The van der Waals surface area contributed by atoms with E-state index >= 15 is 0 Å². The first-order valence-electron chi connectivity index (χ1n) is 10.5. The number of rotatable bonds is 4. The second-order valence-corrected chi connectivity index (χ2v) is 9.52. The molecule has 2 aromatic rings. The van der Waals surface area contributed by atoms with Crippen LogP contribution in [0.4, 0.5) is 9.18 Å². The number of alkyl carbamates (subject to hydrolysis) is 1. The third-order valence-electron chi connectivity index (χ3n) is 5.91. The second kappa shape index (κ2) is 7.56. The molecule has 6 heteroatoms. The molecule has 2 aliphatic rings. The lowest BCUT2D eigenvalue weighted by Crippen LogP contribution is -2.49. The monoisotopic (exact) mass is 399 g/mol. The van der Waals surface area contributed by atoms with E-state index in [9.17, 15) is 9.18 Å². The zero-order valence-electron chi connectivity index (χ0n) is 17.5.